The van der Waals surface area contributed by atoms with Crippen molar-refractivity contribution in [2.24, 2.45) is 0 Å². The molecule has 2 N–H and O–H groups in total. The van der Waals surface area contributed by atoms with E-state index in [1.165, 1.54) is 42.5 Å². The normalized spacial score (nSPS) is 12.0. The van der Waals surface area contributed by atoms with Gasteiger partial charge in [-0.25, -0.2) is 8.78 Å². The zero-order valence-electron chi connectivity index (χ0n) is 11.0. The lowest BCUT2D eigenvalue weighted by Gasteiger charge is -2.14. The number of halogens is 3. The highest BCUT2D eigenvalue weighted by Gasteiger charge is 2.08. The Balaban J connectivity index is 1.80. The van der Waals surface area contributed by atoms with Crippen molar-refractivity contribution in [2.45, 2.75) is 6.10 Å². The first kappa shape index (κ1) is 15.5. The molecule has 0 saturated carbocycles. The van der Waals surface area contributed by atoms with Gasteiger partial charge in [-0.15, -0.1) is 0 Å². The second-order valence-electron chi connectivity index (χ2n) is 4.42. The Kier molecular flexibility index (Phi) is 5.36. The van der Waals surface area contributed by atoms with Gasteiger partial charge in [0.25, 0.3) is 0 Å². The Morgan fingerprint density at radius 3 is 2.57 bits per heavy atom. The third-order valence-electron chi connectivity index (χ3n) is 2.71. The minimum atomic E-state index is -0.853. The molecule has 21 heavy (non-hydrogen) atoms. The first-order valence-electron chi connectivity index (χ1n) is 6.30. The molecule has 0 radical (unpaired) electrons. The number of ether oxygens (including phenoxy) is 1. The largest absolute Gasteiger partial charge is 0.491 e. The van der Waals surface area contributed by atoms with Crippen molar-refractivity contribution in [3.63, 3.8) is 0 Å². The van der Waals surface area contributed by atoms with Crippen LogP contribution in [0.15, 0.2) is 42.5 Å². The van der Waals surface area contributed by atoms with Crippen LogP contribution in [0.5, 0.6) is 5.75 Å². The molecule has 1 unspecified atom stereocenters. The summed E-state index contributed by atoms with van der Waals surface area (Å²) in [6.07, 6.45) is -0.853. The highest BCUT2D eigenvalue weighted by Crippen LogP contribution is 2.19. The molecule has 2 rings (SSSR count). The molecular formula is C15H14ClF2NO2. The van der Waals surface area contributed by atoms with Crippen molar-refractivity contribution in [3.05, 3.63) is 59.1 Å². The second kappa shape index (κ2) is 7.24. The van der Waals surface area contributed by atoms with Gasteiger partial charge in [0.1, 0.15) is 30.1 Å². The van der Waals surface area contributed by atoms with Gasteiger partial charge in [0.15, 0.2) is 0 Å². The second-order valence-corrected chi connectivity index (χ2v) is 4.86. The van der Waals surface area contributed by atoms with E-state index in [2.05, 4.69) is 5.32 Å². The number of aliphatic hydroxyl groups is 1. The van der Waals surface area contributed by atoms with Crippen molar-refractivity contribution in [3.8, 4) is 5.75 Å². The van der Waals surface area contributed by atoms with Crippen LogP contribution < -0.4 is 10.1 Å². The number of anilines is 1. The standard InChI is InChI=1S/C15H14ClF2NO2/c16-10-1-6-14(18)15(7-10)19-8-12(20)9-21-13-4-2-11(17)3-5-13/h1-7,12,19-20H,8-9H2. The first-order valence-corrected chi connectivity index (χ1v) is 6.68. The Hall–Kier alpha value is -1.85. The number of hydrogen-bond donors (Lipinski definition) is 2. The Morgan fingerprint density at radius 1 is 1.14 bits per heavy atom. The summed E-state index contributed by atoms with van der Waals surface area (Å²) in [5, 5.41) is 12.9. The molecule has 0 aromatic heterocycles. The van der Waals surface area contributed by atoms with E-state index >= 15 is 0 Å². The lowest BCUT2D eigenvalue weighted by Crippen LogP contribution is -2.26. The van der Waals surface area contributed by atoms with Crippen molar-refractivity contribution < 1.29 is 18.6 Å². The third kappa shape index (κ3) is 4.88. The van der Waals surface area contributed by atoms with Crippen LogP contribution in [-0.2, 0) is 0 Å². The fraction of sp³-hybridized carbons (Fsp3) is 0.200. The first-order chi connectivity index (χ1) is 10.0. The molecule has 0 aliphatic heterocycles. The number of nitrogens with one attached hydrogen (secondary N) is 1. The van der Waals surface area contributed by atoms with Crippen LogP contribution in [0.3, 0.4) is 0 Å². The molecule has 2 aromatic carbocycles. The fourth-order valence-electron chi connectivity index (χ4n) is 1.64. The molecule has 6 heteroatoms. The molecule has 0 bridgehead atoms. The Morgan fingerprint density at radius 2 is 1.86 bits per heavy atom. The predicted octanol–water partition coefficient (Wildman–Crippen LogP) is 3.47. The van der Waals surface area contributed by atoms with Gasteiger partial charge in [0.2, 0.25) is 0 Å². The number of aliphatic hydroxyl groups excluding tert-OH is 1. The number of benzene rings is 2. The molecule has 112 valence electrons. The van der Waals surface area contributed by atoms with E-state index in [-0.39, 0.29) is 24.7 Å². The summed E-state index contributed by atoms with van der Waals surface area (Å²) in [5.74, 6) is -0.364. The quantitative estimate of drug-likeness (QED) is 0.858. The van der Waals surface area contributed by atoms with Crippen LogP contribution in [0.1, 0.15) is 0 Å². The van der Waals surface area contributed by atoms with Crippen LogP contribution in [0.2, 0.25) is 5.02 Å². The van der Waals surface area contributed by atoms with Crippen LogP contribution in [0.4, 0.5) is 14.5 Å². The van der Waals surface area contributed by atoms with E-state index in [1.807, 2.05) is 0 Å². The highest BCUT2D eigenvalue weighted by atomic mass is 35.5. The molecule has 0 spiro atoms. The van der Waals surface area contributed by atoms with Crippen molar-refractivity contribution in [1.29, 1.82) is 0 Å². The van der Waals surface area contributed by atoms with E-state index < -0.39 is 11.9 Å². The molecule has 1 atom stereocenters. The maximum atomic E-state index is 13.4. The monoisotopic (exact) mass is 313 g/mol. The summed E-state index contributed by atoms with van der Waals surface area (Å²) >= 11 is 5.76. The number of rotatable bonds is 6. The van der Waals surface area contributed by atoms with Crippen molar-refractivity contribution >= 4 is 17.3 Å². The van der Waals surface area contributed by atoms with Gasteiger partial charge in [-0.2, -0.15) is 0 Å². The van der Waals surface area contributed by atoms with Crippen molar-refractivity contribution in [2.75, 3.05) is 18.5 Å². The maximum absolute atomic E-state index is 13.4. The third-order valence-corrected chi connectivity index (χ3v) is 2.95. The molecule has 0 amide bonds. The summed E-state index contributed by atoms with van der Waals surface area (Å²) in [5.41, 5.74) is 0.211. The van der Waals surface area contributed by atoms with Gasteiger partial charge in [-0.3, -0.25) is 0 Å². The van der Waals surface area contributed by atoms with Crippen LogP contribution in [0, 0.1) is 11.6 Å². The van der Waals surface area contributed by atoms with Gasteiger partial charge in [0.05, 0.1) is 5.69 Å². The zero-order chi connectivity index (χ0) is 15.2. The van der Waals surface area contributed by atoms with Gasteiger partial charge in [-0.05, 0) is 42.5 Å². The SMILES string of the molecule is OC(CNc1cc(Cl)ccc1F)COc1ccc(F)cc1. The van der Waals surface area contributed by atoms with Gasteiger partial charge >= 0.3 is 0 Å². The minimum absolute atomic E-state index is 0.000811. The van der Waals surface area contributed by atoms with E-state index in [0.29, 0.717) is 10.8 Å². The average molecular weight is 314 g/mol. The topological polar surface area (TPSA) is 41.5 Å². The zero-order valence-corrected chi connectivity index (χ0v) is 11.8. The summed E-state index contributed by atoms with van der Waals surface area (Å²) in [7, 11) is 0. The maximum Gasteiger partial charge on any atom is 0.146 e. The smallest absolute Gasteiger partial charge is 0.146 e. The summed E-state index contributed by atoms with van der Waals surface area (Å²) in [4.78, 5) is 0. The molecule has 2 aromatic rings. The molecule has 0 saturated heterocycles. The molecule has 0 aliphatic carbocycles. The molecular weight excluding hydrogens is 300 g/mol. The molecule has 3 nitrogen and oxygen atoms in total. The minimum Gasteiger partial charge on any atom is -0.491 e. The summed E-state index contributed by atoms with van der Waals surface area (Å²) in [6, 6.07) is 9.58. The Bertz CT molecular complexity index is 593. The highest BCUT2D eigenvalue weighted by molar-refractivity contribution is 6.30. The van der Waals surface area contributed by atoms with Gasteiger partial charge < -0.3 is 15.2 Å². The molecule has 0 aliphatic rings. The molecule has 0 heterocycles. The van der Waals surface area contributed by atoms with E-state index in [4.69, 9.17) is 16.3 Å². The van der Waals surface area contributed by atoms with Crippen molar-refractivity contribution in [1.82, 2.24) is 0 Å². The fourth-order valence-corrected chi connectivity index (χ4v) is 1.82. The van der Waals surface area contributed by atoms with E-state index in [9.17, 15) is 13.9 Å². The van der Waals surface area contributed by atoms with E-state index in [0.717, 1.165) is 0 Å². The average Bonchev–Trinajstić information content (AvgIpc) is 2.47. The van der Waals surface area contributed by atoms with Gasteiger partial charge in [0, 0.05) is 11.6 Å². The van der Waals surface area contributed by atoms with E-state index in [1.54, 1.807) is 0 Å². The summed E-state index contributed by atoms with van der Waals surface area (Å²) in [6.45, 7) is 0.0965. The lowest BCUT2D eigenvalue weighted by molar-refractivity contribution is 0.117. The lowest BCUT2D eigenvalue weighted by atomic mass is 10.3. The number of hydrogen-bond acceptors (Lipinski definition) is 3. The molecule has 0 fully saturated rings. The van der Waals surface area contributed by atoms with Crippen LogP contribution in [-0.4, -0.2) is 24.4 Å². The van der Waals surface area contributed by atoms with Gasteiger partial charge in [-0.1, -0.05) is 11.6 Å². The summed E-state index contributed by atoms with van der Waals surface area (Å²) < 4.78 is 31.4. The predicted molar refractivity (Wildman–Crippen MR) is 77.8 cm³/mol. The van der Waals surface area contributed by atoms with Crippen LogP contribution in [0.25, 0.3) is 0 Å². The van der Waals surface area contributed by atoms with Crippen LogP contribution >= 0.6 is 11.6 Å². The Labute approximate surface area is 126 Å².